The maximum absolute atomic E-state index is 14.2. The second-order valence-electron chi connectivity index (χ2n) is 11.0. The highest BCUT2D eigenvalue weighted by Crippen LogP contribution is 2.41. The molecule has 0 spiro atoms. The maximum atomic E-state index is 14.2. The van der Waals surface area contributed by atoms with Gasteiger partial charge in [0.15, 0.2) is 5.84 Å². The molecule has 2 saturated heterocycles. The lowest BCUT2D eigenvalue weighted by molar-refractivity contribution is 0.0118. The standard InChI is InChI=1S/C26H34ClFN8O2/c1-14-5-7-16(8-6-14)15(2)36-21-20(17-10-18(27)13-29-12-17)30-23(24-33-34-26(37)38-24)31-22(21)32-25(36)35-9-3-4-19(35)11-28/h10,12-16,19,22,25,32H,3-9,11H2,1-2H3,(H,30,31)(H,34,37)/t14-,15?,16-,19-,22?,25?/m0/s1. The fourth-order valence-electron chi connectivity index (χ4n) is 6.53. The summed E-state index contributed by atoms with van der Waals surface area (Å²) in [5, 5.41) is 13.9. The Bertz CT molecular complexity index is 1290. The summed E-state index contributed by atoms with van der Waals surface area (Å²) in [5.41, 5.74) is 2.37. The van der Waals surface area contributed by atoms with E-state index in [2.05, 4.69) is 49.5 Å². The average molecular weight is 545 g/mol. The van der Waals surface area contributed by atoms with Gasteiger partial charge in [-0.2, -0.15) is 0 Å². The number of likely N-dealkylation sites (tertiary alicyclic amines) is 1. The van der Waals surface area contributed by atoms with Crippen LogP contribution in [0.3, 0.4) is 0 Å². The van der Waals surface area contributed by atoms with Gasteiger partial charge in [0.05, 0.1) is 16.4 Å². The van der Waals surface area contributed by atoms with Gasteiger partial charge in [-0.3, -0.25) is 15.2 Å². The number of alkyl halides is 1. The van der Waals surface area contributed by atoms with Gasteiger partial charge in [0, 0.05) is 36.6 Å². The molecule has 12 heteroatoms. The summed E-state index contributed by atoms with van der Waals surface area (Å²) >= 11 is 6.36. The van der Waals surface area contributed by atoms with Crippen molar-refractivity contribution in [3.8, 4) is 0 Å². The Morgan fingerprint density at radius 2 is 2.05 bits per heavy atom. The summed E-state index contributed by atoms with van der Waals surface area (Å²) in [6.07, 6.45) is 9.26. The number of aromatic nitrogens is 3. The van der Waals surface area contributed by atoms with E-state index in [1.54, 1.807) is 12.4 Å². The molecule has 0 radical (unpaired) electrons. The van der Waals surface area contributed by atoms with Crippen LogP contribution in [0.4, 0.5) is 4.39 Å². The lowest BCUT2D eigenvalue weighted by Crippen LogP contribution is -2.57. The number of hydrogen-bond acceptors (Lipinski definition) is 9. The normalized spacial score (nSPS) is 30.8. The molecule has 0 aromatic carbocycles. The van der Waals surface area contributed by atoms with Crippen molar-refractivity contribution in [1.82, 2.24) is 35.6 Å². The fourth-order valence-corrected chi connectivity index (χ4v) is 6.70. The molecular weight excluding hydrogens is 511 g/mol. The van der Waals surface area contributed by atoms with Crippen molar-refractivity contribution >= 4 is 23.1 Å². The number of aliphatic imine (C=N–C) groups is 1. The zero-order chi connectivity index (χ0) is 26.4. The van der Waals surface area contributed by atoms with Crippen molar-refractivity contribution in [2.24, 2.45) is 16.8 Å². The van der Waals surface area contributed by atoms with Gasteiger partial charge in [0.1, 0.15) is 19.1 Å². The summed E-state index contributed by atoms with van der Waals surface area (Å²) in [6.45, 7) is 5.04. The predicted molar refractivity (Wildman–Crippen MR) is 142 cm³/mol. The molecule has 204 valence electrons. The van der Waals surface area contributed by atoms with Crippen LogP contribution < -0.4 is 16.4 Å². The summed E-state index contributed by atoms with van der Waals surface area (Å²) in [4.78, 5) is 25.6. The number of aromatic amines is 1. The van der Waals surface area contributed by atoms with Crippen LogP contribution in [-0.4, -0.2) is 68.6 Å². The van der Waals surface area contributed by atoms with Crippen LogP contribution in [0.15, 0.2) is 38.4 Å². The van der Waals surface area contributed by atoms with Crippen LogP contribution in [0.2, 0.25) is 5.02 Å². The first-order valence-corrected chi connectivity index (χ1v) is 13.9. The Kier molecular flexibility index (Phi) is 7.00. The van der Waals surface area contributed by atoms with Crippen LogP contribution in [0.25, 0.3) is 5.70 Å². The summed E-state index contributed by atoms with van der Waals surface area (Å²) in [6, 6.07) is 1.88. The summed E-state index contributed by atoms with van der Waals surface area (Å²) in [5.74, 6) is 0.972. The number of nitrogens with zero attached hydrogens (tertiary/aromatic N) is 5. The Labute approximate surface area is 225 Å². The number of amidine groups is 1. The van der Waals surface area contributed by atoms with Crippen molar-refractivity contribution in [2.45, 2.75) is 76.9 Å². The molecule has 38 heavy (non-hydrogen) atoms. The van der Waals surface area contributed by atoms with Gasteiger partial charge < -0.3 is 14.6 Å². The SMILES string of the molecule is CC([C@H]1CC[C@H](C)CC1)N1C2=C(c3cncc(Cl)c3)N=C(c3n[nH]c(=O)o3)NC2NC1N1CCC[C@H]1CF. The number of halogens is 2. The molecular formula is C26H34ClFN8O2. The van der Waals surface area contributed by atoms with E-state index in [0.29, 0.717) is 22.5 Å². The van der Waals surface area contributed by atoms with E-state index in [0.717, 1.165) is 49.4 Å². The van der Waals surface area contributed by atoms with Gasteiger partial charge in [0.2, 0.25) is 0 Å². The lowest BCUT2D eigenvalue weighted by Gasteiger charge is -2.44. The fraction of sp³-hybridized carbons (Fsp3) is 0.615. The zero-order valence-electron chi connectivity index (χ0n) is 21.7. The van der Waals surface area contributed by atoms with E-state index in [-0.39, 0.29) is 37.1 Å². The van der Waals surface area contributed by atoms with Gasteiger partial charge >= 0.3 is 5.76 Å². The molecule has 4 atom stereocenters. The first-order chi connectivity index (χ1) is 18.4. The van der Waals surface area contributed by atoms with Gasteiger partial charge in [-0.25, -0.2) is 19.3 Å². The van der Waals surface area contributed by atoms with Gasteiger partial charge in [-0.15, -0.1) is 5.10 Å². The molecule has 3 aliphatic heterocycles. The molecule has 5 heterocycles. The topological polar surface area (TPSA) is 115 Å². The predicted octanol–water partition coefficient (Wildman–Crippen LogP) is 3.29. The largest absolute Gasteiger partial charge is 0.434 e. The van der Waals surface area contributed by atoms with Crippen LogP contribution in [-0.2, 0) is 0 Å². The third kappa shape index (κ3) is 4.65. The van der Waals surface area contributed by atoms with Crippen LogP contribution in [0.1, 0.15) is 63.8 Å². The minimum atomic E-state index is -0.660. The first-order valence-electron chi connectivity index (χ1n) is 13.5. The van der Waals surface area contributed by atoms with E-state index < -0.39 is 5.76 Å². The molecule has 1 aliphatic carbocycles. The van der Waals surface area contributed by atoms with E-state index in [9.17, 15) is 9.18 Å². The van der Waals surface area contributed by atoms with Crippen LogP contribution >= 0.6 is 11.6 Å². The zero-order valence-corrected chi connectivity index (χ0v) is 22.4. The number of H-pyrrole nitrogens is 1. The number of fused-ring (bicyclic) bond motifs is 1. The van der Waals surface area contributed by atoms with E-state index >= 15 is 0 Å². The number of rotatable bonds is 6. The van der Waals surface area contributed by atoms with Crippen molar-refractivity contribution in [2.75, 3.05) is 13.2 Å². The van der Waals surface area contributed by atoms with Gasteiger partial charge in [-0.05, 0) is 50.5 Å². The average Bonchev–Trinajstić information content (AvgIpc) is 3.65. The quantitative estimate of drug-likeness (QED) is 0.507. The number of hydrogen-bond donors (Lipinski definition) is 3. The third-order valence-electron chi connectivity index (χ3n) is 8.59. The summed E-state index contributed by atoms with van der Waals surface area (Å²) in [7, 11) is 0. The molecule has 0 amide bonds. The van der Waals surface area contributed by atoms with Crippen LogP contribution in [0.5, 0.6) is 0 Å². The van der Waals surface area contributed by atoms with Crippen molar-refractivity contribution < 1.29 is 8.81 Å². The van der Waals surface area contributed by atoms with E-state index in [4.69, 9.17) is 21.0 Å². The molecule has 6 rings (SSSR count). The van der Waals surface area contributed by atoms with Gasteiger partial charge in [-0.1, -0.05) is 31.4 Å². The van der Waals surface area contributed by atoms with Gasteiger partial charge in [0.25, 0.3) is 5.89 Å². The second kappa shape index (κ2) is 10.4. The summed E-state index contributed by atoms with van der Waals surface area (Å²) < 4.78 is 19.4. The van der Waals surface area contributed by atoms with E-state index in [1.807, 2.05) is 6.07 Å². The monoisotopic (exact) mass is 544 g/mol. The number of pyridine rings is 1. The van der Waals surface area contributed by atoms with E-state index in [1.165, 1.54) is 12.8 Å². The molecule has 1 saturated carbocycles. The molecule has 3 N–H and O–H groups in total. The highest BCUT2D eigenvalue weighted by atomic mass is 35.5. The first kappa shape index (κ1) is 25.5. The molecule has 2 aromatic rings. The molecule has 3 unspecified atom stereocenters. The Hall–Kier alpha value is -2.76. The highest BCUT2D eigenvalue weighted by molar-refractivity contribution is 6.30. The number of nitrogens with one attached hydrogen (secondary N) is 3. The minimum Gasteiger partial charge on any atom is -0.384 e. The Balaban J connectivity index is 1.48. The molecule has 10 nitrogen and oxygen atoms in total. The maximum Gasteiger partial charge on any atom is 0.434 e. The second-order valence-corrected chi connectivity index (χ2v) is 11.4. The Morgan fingerprint density at radius 3 is 2.76 bits per heavy atom. The molecule has 2 aromatic heterocycles. The lowest BCUT2D eigenvalue weighted by atomic mass is 9.79. The van der Waals surface area contributed by atoms with Crippen molar-refractivity contribution in [3.05, 3.63) is 51.2 Å². The highest BCUT2D eigenvalue weighted by Gasteiger charge is 2.49. The molecule has 3 fully saturated rings. The third-order valence-corrected chi connectivity index (χ3v) is 8.80. The smallest absolute Gasteiger partial charge is 0.384 e. The van der Waals surface area contributed by atoms with Crippen LogP contribution in [0, 0.1) is 11.8 Å². The minimum absolute atomic E-state index is 0.0652. The van der Waals surface area contributed by atoms with Crippen molar-refractivity contribution in [3.63, 3.8) is 0 Å². The molecule has 0 bridgehead atoms. The Morgan fingerprint density at radius 1 is 1.24 bits per heavy atom. The van der Waals surface area contributed by atoms with Crippen molar-refractivity contribution in [1.29, 1.82) is 0 Å². The molecule has 4 aliphatic rings.